The van der Waals surface area contributed by atoms with Crippen molar-refractivity contribution in [3.8, 4) is 16.9 Å². The van der Waals surface area contributed by atoms with E-state index in [4.69, 9.17) is 9.52 Å². The van der Waals surface area contributed by atoms with E-state index in [0.29, 0.717) is 17.5 Å². The molecule has 2 aromatic heterocycles. The molecule has 6 heteroatoms. The van der Waals surface area contributed by atoms with Gasteiger partial charge in [-0.3, -0.25) is 9.59 Å². The zero-order valence-corrected chi connectivity index (χ0v) is 18.0. The maximum absolute atomic E-state index is 13.1. The van der Waals surface area contributed by atoms with Crippen molar-refractivity contribution >= 4 is 16.9 Å². The van der Waals surface area contributed by atoms with Crippen LogP contribution in [0.1, 0.15) is 16.1 Å². The lowest BCUT2D eigenvalue weighted by atomic mass is 10.1. The Balaban J connectivity index is 1.50. The molecule has 162 valence electrons. The van der Waals surface area contributed by atoms with Crippen LogP contribution in [-0.2, 0) is 6.54 Å². The zero-order valence-electron chi connectivity index (χ0n) is 18.0. The van der Waals surface area contributed by atoms with Gasteiger partial charge in [-0.1, -0.05) is 60.7 Å². The lowest BCUT2D eigenvalue weighted by Crippen LogP contribution is -2.27. The van der Waals surface area contributed by atoms with Gasteiger partial charge in [-0.05, 0) is 24.3 Å². The van der Waals surface area contributed by atoms with Crippen LogP contribution in [0.3, 0.4) is 0 Å². The van der Waals surface area contributed by atoms with Crippen molar-refractivity contribution in [2.45, 2.75) is 6.54 Å². The van der Waals surface area contributed by atoms with Crippen molar-refractivity contribution in [3.05, 3.63) is 119 Å². The van der Waals surface area contributed by atoms with E-state index in [1.54, 1.807) is 31.3 Å². The van der Waals surface area contributed by atoms with E-state index in [9.17, 15) is 9.59 Å². The fraction of sp³-hybridized carbons (Fsp3) is 0.0741. The maximum atomic E-state index is 13.1. The highest BCUT2D eigenvalue weighted by Crippen LogP contribution is 2.25. The lowest BCUT2D eigenvalue weighted by molar-refractivity contribution is 0.0754. The van der Waals surface area contributed by atoms with E-state index in [0.717, 1.165) is 22.5 Å². The quantitative estimate of drug-likeness (QED) is 0.393. The SMILES string of the molecule is CN(Cc1cn(-c2ccccc2)nc1-c1ccccc1)C(=O)c1cc(=O)c2ccccc2o1. The van der Waals surface area contributed by atoms with Gasteiger partial charge < -0.3 is 9.32 Å². The molecule has 1 amide bonds. The first kappa shape index (κ1) is 20.5. The molecule has 33 heavy (non-hydrogen) atoms. The van der Waals surface area contributed by atoms with E-state index in [1.807, 2.05) is 71.5 Å². The summed E-state index contributed by atoms with van der Waals surface area (Å²) in [7, 11) is 1.69. The molecule has 0 spiro atoms. The van der Waals surface area contributed by atoms with Gasteiger partial charge in [-0.2, -0.15) is 5.10 Å². The van der Waals surface area contributed by atoms with Crippen LogP contribution in [0.5, 0.6) is 0 Å². The average Bonchev–Trinajstić information content (AvgIpc) is 3.28. The highest BCUT2D eigenvalue weighted by Gasteiger charge is 2.20. The molecule has 0 bridgehead atoms. The Hall–Kier alpha value is -4.45. The molecular formula is C27H21N3O3. The number of amides is 1. The number of rotatable bonds is 5. The summed E-state index contributed by atoms with van der Waals surface area (Å²) in [5, 5.41) is 5.25. The van der Waals surface area contributed by atoms with E-state index < -0.39 is 0 Å². The van der Waals surface area contributed by atoms with Crippen molar-refractivity contribution in [2.24, 2.45) is 0 Å². The molecule has 0 fully saturated rings. The second-order valence-electron chi connectivity index (χ2n) is 7.78. The zero-order chi connectivity index (χ0) is 22.8. The molecule has 0 aliphatic heterocycles. The van der Waals surface area contributed by atoms with Gasteiger partial charge in [-0.25, -0.2) is 4.68 Å². The van der Waals surface area contributed by atoms with Crippen LogP contribution in [0.4, 0.5) is 0 Å². The second kappa shape index (κ2) is 8.59. The normalized spacial score (nSPS) is 10.9. The summed E-state index contributed by atoms with van der Waals surface area (Å²) in [6.07, 6.45) is 1.93. The van der Waals surface area contributed by atoms with Gasteiger partial charge in [0, 0.05) is 37.0 Å². The van der Waals surface area contributed by atoms with Gasteiger partial charge in [0.05, 0.1) is 16.8 Å². The van der Waals surface area contributed by atoms with Crippen molar-refractivity contribution < 1.29 is 9.21 Å². The summed E-state index contributed by atoms with van der Waals surface area (Å²) in [6, 6.07) is 27.8. The van der Waals surface area contributed by atoms with E-state index in [-0.39, 0.29) is 17.1 Å². The Morgan fingerprint density at radius 2 is 1.61 bits per heavy atom. The number of hydrogen-bond donors (Lipinski definition) is 0. The summed E-state index contributed by atoms with van der Waals surface area (Å²) in [4.78, 5) is 27.1. The molecule has 5 rings (SSSR count). The van der Waals surface area contributed by atoms with E-state index in [2.05, 4.69) is 0 Å². The molecule has 0 atom stereocenters. The molecular weight excluding hydrogens is 414 g/mol. The molecule has 2 heterocycles. The first-order valence-electron chi connectivity index (χ1n) is 10.6. The van der Waals surface area contributed by atoms with Crippen LogP contribution in [0.25, 0.3) is 27.9 Å². The first-order valence-corrected chi connectivity index (χ1v) is 10.6. The number of hydrogen-bond acceptors (Lipinski definition) is 4. The maximum Gasteiger partial charge on any atom is 0.289 e. The van der Waals surface area contributed by atoms with Gasteiger partial charge >= 0.3 is 0 Å². The van der Waals surface area contributed by atoms with Gasteiger partial charge in [0.1, 0.15) is 5.58 Å². The highest BCUT2D eigenvalue weighted by atomic mass is 16.3. The molecule has 0 saturated carbocycles. The molecule has 3 aromatic carbocycles. The van der Waals surface area contributed by atoms with E-state index >= 15 is 0 Å². The topological polar surface area (TPSA) is 68.3 Å². The van der Waals surface area contributed by atoms with Gasteiger partial charge in [0.2, 0.25) is 0 Å². The summed E-state index contributed by atoms with van der Waals surface area (Å²) in [6.45, 7) is 0.298. The number of para-hydroxylation sites is 2. The Morgan fingerprint density at radius 3 is 2.36 bits per heavy atom. The monoisotopic (exact) mass is 435 g/mol. The van der Waals surface area contributed by atoms with Crippen molar-refractivity contribution in [3.63, 3.8) is 0 Å². The Bertz CT molecular complexity index is 1490. The predicted octanol–water partition coefficient (Wildman–Crippen LogP) is 4.92. The minimum Gasteiger partial charge on any atom is -0.451 e. The van der Waals surface area contributed by atoms with Crippen LogP contribution in [-0.4, -0.2) is 27.6 Å². The lowest BCUT2D eigenvalue weighted by Gasteiger charge is -2.16. The summed E-state index contributed by atoms with van der Waals surface area (Å²) >= 11 is 0. The van der Waals surface area contributed by atoms with Crippen LogP contribution in [0, 0.1) is 0 Å². The number of carbonyl (C=O) groups is 1. The van der Waals surface area contributed by atoms with Crippen LogP contribution >= 0.6 is 0 Å². The minimum atomic E-state index is -0.371. The Labute approximate surface area is 190 Å². The Morgan fingerprint density at radius 1 is 0.939 bits per heavy atom. The molecule has 0 unspecified atom stereocenters. The number of benzene rings is 3. The molecule has 0 aliphatic carbocycles. The standard InChI is InChI=1S/C27H21N3O3/c1-29(27(32)25-16-23(31)22-14-8-9-15-24(22)33-25)17-20-18-30(21-12-6-3-7-13-21)28-26(20)19-10-4-2-5-11-19/h2-16,18H,17H2,1H3. The third-order valence-corrected chi connectivity index (χ3v) is 5.46. The van der Waals surface area contributed by atoms with Gasteiger partial charge in [-0.15, -0.1) is 0 Å². The largest absolute Gasteiger partial charge is 0.451 e. The summed E-state index contributed by atoms with van der Waals surface area (Å²) in [5.74, 6) is -0.359. The number of aromatic nitrogens is 2. The van der Waals surface area contributed by atoms with Crippen molar-refractivity contribution in [1.29, 1.82) is 0 Å². The number of nitrogens with zero attached hydrogens (tertiary/aromatic N) is 3. The molecule has 6 nitrogen and oxygen atoms in total. The average molecular weight is 435 g/mol. The Kier molecular flexibility index (Phi) is 5.32. The fourth-order valence-electron chi connectivity index (χ4n) is 3.80. The van der Waals surface area contributed by atoms with Crippen LogP contribution in [0.2, 0.25) is 0 Å². The smallest absolute Gasteiger partial charge is 0.289 e. The summed E-state index contributed by atoms with van der Waals surface area (Å²) in [5.41, 5.74) is 3.71. The molecule has 0 saturated heterocycles. The molecule has 5 aromatic rings. The van der Waals surface area contributed by atoms with Crippen LogP contribution < -0.4 is 5.43 Å². The van der Waals surface area contributed by atoms with Gasteiger partial charge in [0.25, 0.3) is 5.91 Å². The second-order valence-corrected chi connectivity index (χ2v) is 7.78. The van der Waals surface area contributed by atoms with Gasteiger partial charge in [0.15, 0.2) is 11.2 Å². The molecule has 0 N–H and O–H groups in total. The predicted molar refractivity (Wildman–Crippen MR) is 127 cm³/mol. The third kappa shape index (κ3) is 4.06. The summed E-state index contributed by atoms with van der Waals surface area (Å²) < 4.78 is 7.55. The van der Waals surface area contributed by atoms with E-state index in [1.165, 1.54) is 11.0 Å². The number of fused-ring (bicyclic) bond motifs is 1. The van der Waals surface area contributed by atoms with Crippen molar-refractivity contribution in [2.75, 3.05) is 7.05 Å². The fourth-order valence-corrected chi connectivity index (χ4v) is 3.80. The first-order chi connectivity index (χ1) is 16.1. The number of carbonyl (C=O) groups excluding carboxylic acids is 1. The van der Waals surface area contributed by atoms with Crippen LogP contribution in [0.15, 0.2) is 106 Å². The molecule has 0 aliphatic rings. The van der Waals surface area contributed by atoms with Crippen molar-refractivity contribution in [1.82, 2.24) is 14.7 Å². The minimum absolute atomic E-state index is 0.0120. The third-order valence-electron chi connectivity index (χ3n) is 5.46. The molecule has 0 radical (unpaired) electrons. The highest BCUT2D eigenvalue weighted by molar-refractivity contribution is 5.93.